The molecule has 6 heteroatoms. The van der Waals surface area contributed by atoms with E-state index in [1.54, 1.807) is 28.6 Å². The van der Waals surface area contributed by atoms with Crippen molar-refractivity contribution in [2.24, 2.45) is 0 Å². The molecule has 1 aromatic carbocycles. The average Bonchev–Trinajstić information content (AvgIpc) is 3.04. The Labute approximate surface area is 138 Å². The fourth-order valence-corrected chi connectivity index (χ4v) is 3.39. The molecule has 3 aromatic rings. The minimum absolute atomic E-state index is 0.0323. The molecule has 0 saturated carbocycles. The Morgan fingerprint density at radius 3 is 3.04 bits per heavy atom. The Bertz CT molecular complexity index is 856. The van der Waals surface area contributed by atoms with Crippen LogP contribution in [-0.4, -0.2) is 38.0 Å². The van der Waals surface area contributed by atoms with Crippen LogP contribution < -0.4 is 0 Å². The molecule has 1 aliphatic heterocycles. The highest BCUT2D eigenvalue weighted by molar-refractivity contribution is 7.98. The number of hydrogen-bond acceptors (Lipinski definition) is 4. The van der Waals surface area contributed by atoms with Crippen LogP contribution in [0.1, 0.15) is 21.6 Å². The van der Waals surface area contributed by atoms with E-state index in [1.165, 1.54) is 16.0 Å². The van der Waals surface area contributed by atoms with Gasteiger partial charge in [0, 0.05) is 36.6 Å². The van der Waals surface area contributed by atoms with E-state index < -0.39 is 0 Å². The van der Waals surface area contributed by atoms with Crippen molar-refractivity contribution in [1.82, 2.24) is 19.3 Å². The molecule has 0 spiro atoms. The largest absolute Gasteiger partial charge is 0.333 e. The highest BCUT2D eigenvalue weighted by Crippen LogP contribution is 2.25. The summed E-state index contributed by atoms with van der Waals surface area (Å²) >= 11 is 1.75. The number of hydrogen-bond donors (Lipinski definition) is 0. The normalized spacial score (nSPS) is 14.0. The first-order valence-corrected chi connectivity index (χ1v) is 8.72. The van der Waals surface area contributed by atoms with Crippen LogP contribution in [0.3, 0.4) is 0 Å². The molecule has 3 heterocycles. The Balaban J connectivity index is 1.59. The highest BCUT2D eigenvalue weighted by atomic mass is 32.2. The van der Waals surface area contributed by atoms with Crippen LogP contribution in [0.4, 0.5) is 0 Å². The lowest BCUT2D eigenvalue weighted by molar-refractivity contribution is 0.0729. The van der Waals surface area contributed by atoms with Crippen LogP contribution in [0.25, 0.3) is 5.78 Å². The van der Waals surface area contributed by atoms with Gasteiger partial charge in [-0.25, -0.2) is 9.97 Å². The number of carbonyl (C=O) groups is 1. The second-order valence-electron chi connectivity index (χ2n) is 5.56. The van der Waals surface area contributed by atoms with Crippen LogP contribution in [0, 0.1) is 0 Å². The molecule has 0 N–H and O–H groups in total. The van der Waals surface area contributed by atoms with Gasteiger partial charge in [-0.2, -0.15) is 0 Å². The molecule has 2 aromatic heterocycles. The van der Waals surface area contributed by atoms with Gasteiger partial charge in [-0.05, 0) is 42.0 Å². The monoisotopic (exact) mass is 324 g/mol. The van der Waals surface area contributed by atoms with E-state index in [2.05, 4.69) is 34.4 Å². The van der Waals surface area contributed by atoms with E-state index in [9.17, 15) is 4.79 Å². The van der Waals surface area contributed by atoms with Crippen LogP contribution >= 0.6 is 11.8 Å². The lowest BCUT2D eigenvalue weighted by atomic mass is 10.00. The third-order valence-corrected chi connectivity index (χ3v) is 4.89. The number of rotatable bonds is 2. The molecule has 5 nitrogen and oxygen atoms in total. The van der Waals surface area contributed by atoms with E-state index >= 15 is 0 Å². The maximum absolute atomic E-state index is 12.7. The smallest absolute Gasteiger partial charge is 0.274 e. The van der Waals surface area contributed by atoms with Gasteiger partial charge in [-0.3, -0.25) is 9.20 Å². The van der Waals surface area contributed by atoms with Crippen molar-refractivity contribution in [1.29, 1.82) is 0 Å². The summed E-state index contributed by atoms with van der Waals surface area (Å²) in [7, 11) is 0. The molecule has 0 unspecified atom stereocenters. The summed E-state index contributed by atoms with van der Waals surface area (Å²) in [6.07, 6.45) is 8.24. The molecule has 23 heavy (non-hydrogen) atoms. The van der Waals surface area contributed by atoms with Crippen molar-refractivity contribution < 1.29 is 4.79 Å². The average molecular weight is 324 g/mol. The molecule has 0 bridgehead atoms. The Morgan fingerprint density at radius 2 is 2.22 bits per heavy atom. The highest BCUT2D eigenvalue weighted by Gasteiger charge is 2.23. The predicted molar refractivity (Wildman–Crippen MR) is 89.7 cm³/mol. The number of benzene rings is 1. The van der Waals surface area contributed by atoms with E-state index in [1.807, 2.05) is 17.2 Å². The molecule has 0 radical (unpaired) electrons. The SMILES string of the molecule is CSc1ccc2c(c1)CCN(C(=O)c1cn3cccnc3n1)C2. The molecular weight excluding hydrogens is 308 g/mol. The number of thioether (sulfide) groups is 1. The lowest BCUT2D eigenvalue weighted by Gasteiger charge is -2.28. The first-order valence-electron chi connectivity index (χ1n) is 7.49. The zero-order valence-electron chi connectivity index (χ0n) is 12.8. The zero-order valence-corrected chi connectivity index (χ0v) is 13.6. The van der Waals surface area contributed by atoms with Crippen molar-refractivity contribution in [3.63, 3.8) is 0 Å². The second-order valence-corrected chi connectivity index (χ2v) is 6.44. The molecule has 1 aliphatic rings. The summed E-state index contributed by atoms with van der Waals surface area (Å²) in [5.74, 6) is 0.521. The van der Waals surface area contributed by atoms with Gasteiger partial charge in [0.05, 0.1) is 0 Å². The Morgan fingerprint density at radius 1 is 1.30 bits per heavy atom. The standard InChI is InChI=1S/C17H16N4OS/c1-23-14-4-3-13-10-20(8-5-12(13)9-14)16(22)15-11-21-7-2-6-18-17(21)19-15/h2-4,6-7,9,11H,5,8,10H2,1H3. The molecule has 0 saturated heterocycles. The van der Waals surface area contributed by atoms with Crippen molar-refractivity contribution in [3.05, 3.63) is 59.7 Å². The fraction of sp³-hybridized carbons (Fsp3) is 0.235. The molecular formula is C17H16N4OS. The Hall–Kier alpha value is -2.34. The van der Waals surface area contributed by atoms with Crippen LogP contribution in [0.2, 0.25) is 0 Å². The summed E-state index contributed by atoms with van der Waals surface area (Å²) in [5, 5.41) is 0. The number of fused-ring (bicyclic) bond motifs is 2. The minimum Gasteiger partial charge on any atom is -0.333 e. The van der Waals surface area contributed by atoms with Gasteiger partial charge >= 0.3 is 0 Å². The second kappa shape index (κ2) is 5.70. The van der Waals surface area contributed by atoms with Gasteiger partial charge in [0.1, 0.15) is 5.69 Å². The first-order chi connectivity index (χ1) is 11.2. The summed E-state index contributed by atoms with van der Waals surface area (Å²) < 4.78 is 1.77. The van der Waals surface area contributed by atoms with E-state index in [-0.39, 0.29) is 5.91 Å². The van der Waals surface area contributed by atoms with Crippen molar-refractivity contribution in [2.75, 3.05) is 12.8 Å². The summed E-state index contributed by atoms with van der Waals surface area (Å²) in [5.41, 5.74) is 3.02. The van der Waals surface area contributed by atoms with Gasteiger partial charge in [0.25, 0.3) is 5.91 Å². The maximum atomic E-state index is 12.7. The topological polar surface area (TPSA) is 50.5 Å². The van der Waals surface area contributed by atoms with Crippen molar-refractivity contribution >= 4 is 23.4 Å². The van der Waals surface area contributed by atoms with Gasteiger partial charge in [0.15, 0.2) is 0 Å². The Kier molecular flexibility index (Phi) is 3.53. The minimum atomic E-state index is -0.0323. The molecule has 0 atom stereocenters. The number of aromatic nitrogens is 3. The summed E-state index contributed by atoms with van der Waals surface area (Å²) in [6, 6.07) is 8.30. The van der Waals surface area contributed by atoms with Crippen molar-refractivity contribution in [3.8, 4) is 0 Å². The van der Waals surface area contributed by atoms with E-state index in [0.29, 0.717) is 18.0 Å². The fourth-order valence-electron chi connectivity index (χ4n) is 2.92. The van der Waals surface area contributed by atoms with Gasteiger partial charge in [-0.1, -0.05) is 6.07 Å². The van der Waals surface area contributed by atoms with Gasteiger partial charge < -0.3 is 4.90 Å². The predicted octanol–water partition coefficient (Wildman–Crippen LogP) is 2.65. The number of carbonyl (C=O) groups excluding carboxylic acids is 1. The van der Waals surface area contributed by atoms with Crippen LogP contribution in [-0.2, 0) is 13.0 Å². The van der Waals surface area contributed by atoms with E-state index in [0.717, 1.165) is 13.0 Å². The van der Waals surface area contributed by atoms with Gasteiger partial charge in [0.2, 0.25) is 5.78 Å². The number of amides is 1. The quantitative estimate of drug-likeness (QED) is 0.680. The number of nitrogens with zero attached hydrogens (tertiary/aromatic N) is 4. The summed E-state index contributed by atoms with van der Waals surface area (Å²) in [4.78, 5) is 24.3. The molecule has 4 rings (SSSR count). The zero-order chi connectivity index (χ0) is 15.8. The van der Waals surface area contributed by atoms with Gasteiger partial charge in [-0.15, -0.1) is 11.8 Å². The summed E-state index contributed by atoms with van der Waals surface area (Å²) in [6.45, 7) is 1.37. The number of imidazole rings is 1. The third kappa shape index (κ3) is 2.59. The molecule has 0 fully saturated rings. The molecule has 0 aliphatic carbocycles. The lowest BCUT2D eigenvalue weighted by Crippen LogP contribution is -2.36. The van der Waals surface area contributed by atoms with Crippen molar-refractivity contribution in [2.45, 2.75) is 17.9 Å². The maximum Gasteiger partial charge on any atom is 0.274 e. The van der Waals surface area contributed by atoms with E-state index in [4.69, 9.17) is 0 Å². The third-order valence-electron chi connectivity index (χ3n) is 4.17. The molecule has 1 amide bonds. The molecule has 116 valence electrons. The first kappa shape index (κ1) is 14.3. The van der Waals surface area contributed by atoms with Crippen LogP contribution in [0.15, 0.2) is 47.8 Å². The van der Waals surface area contributed by atoms with Crippen LogP contribution in [0.5, 0.6) is 0 Å².